The third-order valence-electron chi connectivity index (χ3n) is 1.90. The van der Waals surface area contributed by atoms with Gasteiger partial charge < -0.3 is 0 Å². The molecule has 0 aromatic heterocycles. The standard InChI is InChI=1S/C8H2Br3NO2/c9-4-2-1-3-5(6(4)10)8(14)12(11)7(3)13/h1-2H. The number of hydrogen-bond acceptors (Lipinski definition) is 2. The molecule has 72 valence electrons. The van der Waals surface area contributed by atoms with Crippen molar-refractivity contribution in [1.82, 2.24) is 3.93 Å². The van der Waals surface area contributed by atoms with Crippen LogP contribution in [0.3, 0.4) is 0 Å². The molecule has 0 radical (unpaired) electrons. The van der Waals surface area contributed by atoms with Crippen molar-refractivity contribution in [3.63, 3.8) is 0 Å². The number of benzene rings is 1. The molecule has 0 fully saturated rings. The van der Waals surface area contributed by atoms with E-state index in [1.807, 2.05) is 0 Å². The van der Waals surface area contributed by atoms with Gasteiger partial charge in [-0.25, -0.2) is 3.93 Å². The first-order valence-corrected chi connectivity index (χ1v) is 5.86. The van der Waals surface area contributed by atoms with Crippen molar-refractivity contribution < 1.29 is 9.59 Å². The van der Waals surface area contributed by atoms with Crippen LogP contribution in [0.5, 0.6) is 0 Å². The molecule has 1 aromatic rings. The Balaban J connectivity index is 2.76. The molecule has 1 aliphatic heterocycles. The number of carbonyl (C=O) groups is 2. The molecular weight excluding hydrogens is 382 g/mol. The highest BCUT2D eigenvalue weighted by Crippen LogP contribution is 2.35. The van der Waals surface area contributed by atoms with Gasteiger partial charge in [-0.3, -0.25) is 9.59 Å². The van der Waals surface area contributed by atoms with Crippen LogP contribution in [0.15, 0.2) is 21.1 Å². The van der Waals surface area contributed by atoms with Gasteiger partial charge in [-0.15, -0.1) is 0 Å². The Morgan fingerprint density at radius 1 is 1.07 bits per heavy atom. The molecule has 0 spiro atoms. The average molecular weight is 384 g/mol. The highest BCUT2D eigenvalue weighted by molar-refractivity contribution is 9.13. The van der Waals surface area contributed by atoms with E-state index in [9.17, 15) is 9.59 Å². The van der Waals surface area contributed by atoms with Gasteiger partial charge in [-0.1, -0.05) is 0 Å². The second-order valence-corrected chi connectivity index (χ2v) is 5.03. The lowest BCUT2D eigenvalue weighted by molar-refractivity contribution is 0.0785. The van der Waals surface area contributed by atoms with Gasteiger partial charge in [-0.05, 0) is 44.0 Å². The number of amides is 2. The van der Waals surface area contributed by atoms with Crippen LogP contribution in [0.25, 0.3) is 0 Å². The predicted octanol–water partition coefficient (Wildman–Crippen LogP) is 3.12. The predicted molar refractivity (Wildman–Crippen MR) is 61.3 cm³/mol. The Labute approximate surface area is 105 Å². The normalized spacial score (nSPS) is 14.9. The fourth-order valence-electron chi connectivity index (χ4n) is 1.23. The van der Waals surface area contributed by atoms with Gasteiger partial charge in [0, 0.05) is 8.95 Å². The van der Waals surface area contributed by atoms with Crippen molar-refractivity contribution in [1.29, 1.82) is 0 Å². The summed E-state index contributed by atoms with van der Waals surface area (Å²) in [5.41, 5.74) is 0.795. The second kappa shape index (κ2) is 3.43. The number of fused-ring (bicyclic) bond motifs is 1. The molecule has 2 amide bonds. The maximum atomic E-state index is 11.6. The van der Waals surface area contributed by atoms with Crippen LogP contribution in [0.4, 0.5) is 0 Å². The van der Waals surface area contributed by atoms with Crippen molar-refractivity contribution >= 4 is 59.8 Å². The maximum Gasteiger partial charge on any atom is 0.272 e. The molecule has 2 rings (SSSR count). The number of nitrogens with zero attached hydrogens (tertiary/aromatic N) is 1. The minimum Gasteiger partial charge on any atom is -0.268 e. The molecule has 14 heavy (non-hydrogen) atoms. The van der Waals surface area contributed by atoms with Crippen molar-refractivity contribution in [3.05, 3.63) is 32.2 Å². The molecule has 0 aliphatic carbocycles. The lowest BCUT2D eigenvalue weighted by atomic mass is 10.1. The fourth-order valence-corrected chi connectivity index (χ4v) is 2.45. The zero-order valence-corrected chi connectivity index (χ0v) is 11.3. The van der Waals surface area contributed by atoms with Gasteiger partial charge in [0.1, 0.15) is 0 Å². The van der Waals surface area contributed by atoms with Crippen LogP contribution in [0.1, 0.15) is 20.7 Å². The van der Waals surface area contributed by atoms with E-state index in [4.69, 9.17) is 0 Å². The zero-order chi connectivity index (χ0) is 10.5. The molecule has 0 saturated heterocycles. The van der Waals surface area contributed by atoms with E-state index in [1.54, 1.807) is 12.1 Å². The van der Waals surface area contributed by atoms with Crippen LogP contribution in [0.2, 0.25) is 0 Å². The first-order chi connectivity index (χ1) is 6.54. The molecule has 1 aromatic carbocycles. The quantitative estimate of drug-likeness (QED) is 0.510. The zero-order valence-electron chi connectivity index (χ0n) is 6.55. The van der Waals surface area contributed by atoms with Crippen LogP contribution in [-0.4, -0.2) is 15.7 Å². The molecule has 0 saturated carbocycles. The van der Waals surface area contributed by atoms with Crippen LogP contribution in [0, 0.1) is 0 Å². The Morgan fingerprint density at radius 2 is 1.71 bits per heavy atom. The summed E-state index contributed by atoms with van der Waals surface area (Å²) in [7, 11) is 0. The van der Waals surface area contributed by atoms with Crippen molar-refractivity contribution in [2.45, 2.75) is 0 Å². The molecule has 0 atom stereocenters. The van der Waals surface area contributed by atoms with E-state index >= 15 is 0 Å². The van der Waals surface area contributed by atoms with Crippen molar-refractivity contribution in [2.24, 2.45) is 0 Å². The summed E-state index contributed by atoms with van der Waals surface area (Å²) in [5, 5.41) is 0. The summed E-state index contributed by atoms with van der Waals surface area (Å²) in [4.78, 5) is 23.1. The Hall–Kier alpha value is -0.200. The topological polar surface area (TPSA) is 37.4 Å². The second-order valence-electron chi connectivity index (χ2n) is 2.68. The van der Waals surface area contributed by atoms with E-state index < -0.39 is 0 Å². The molecule has 0 bridgehead atoms. The minimum absolute atomic E-state index is 0.335. The summed E-state index contributed by atoms with van der Waals surface area (Å²) in [6, 6.07) is 3.34. The van der Waals surface area contributed by atoms with E-state index in [0.29, 0.717) is 15.6 Å². The van der Waals surface area contributed by atoms with E-state index in [0.717, 1.165) is 8.40 Å². The first kappa shape index (κ1) is 10.3. The van der Waals surface area contributed by atoms with Gasteiger partial charge >= 0.3 is 0 Å². The maximum absolute atomic E-state index is 11.6. The SMILES string of the molecule is O=C1c2ccc(Br)c(Br)c2C(=O)N1Br. The molecule has 3 nitrogen and oxygen atoms in total. The van der Waals surface area contributed by atoms with Crippen LogP contribution in [-0.2, 0) is 0 Å². The molecule has 0 N–H and O–H groups in total. The van der Waals surface area contributed by atoms with Crippen LogP contribution >= 0.6 is 48.0 Å². The Morgan fingerprint density at radius 3 is 2.36 bits per heavy atom. The molecule has 6 heteroatoms. The number of imide groups is 1. The number of hydrogen-bond donors (Lipinski definition) is 0. The Kier molecular flexibility index (Phi) is 2.53. The molecule has 0 unspecified atom stereocenters. The minimum atomic E-state index is -0.349. The van der Waals surface area contributed by atoms with Gasteiger partial charge in [0.05, 0.1) is 27.3 Å². The van der Waals surface area contributed by atoms with Crippen LogP contribution < -0.4 is 0 Å². The summed E-state index contributed by atoms with van der Waals surface area (Å²) >= 11 is 9.44. The summed E-state index contributed by atoms with van der Waals surface area (Å²) < 4.78 is 2.28. The average Bonchev–Trinajstić information content (AvgIpc) is 2.38. The molecule has 1 aliphatic rings. The lowest BCUT2D eigenvalue weighted by Crippen LogP contribution is -2.17. The highest BCUT2D eigenvalue weighted by Gasteiger charge is 2.36. The summed E-state index contributed by atoms with van der Waals surface area (Å²) in [6.45, 7) is 0. The monoisotopic (exact) mass is 381 g/mol. The Bertz CT molecular complexity index is 458. The number of carbonyl (C=O) groups excluding carboxylic acids is 2. The highest BCUT2D eigenvalue weighted by atomic mass is 79.9. The van der Waals surface area contributed by atoms with Gasteiger partial charge in [0.25, 0.3) is 11.8 Å². The van der Waals surface area contributed by atoms with Crippen molar-refractivity contribution in [2.75, 3.05) is 0 Å². The summed E-state index contributed by atoms with van der Waals surface area (Å²) in [5.74, 6) is -0.684. The molecular formula is C8H2Br3NO2. The van der Waals surface area contributed by atoms with Gasteiger partial charge in [0.15, 0.2) is 0 Å². The van der Waals surface area contributed by atoms with Gasteiger partial charge in [-0.2, -0.15) is 0 Å². The van der Waals surface area contributed by atoms with E-state index in [-0.39, 0.29) is 11.8 Å². The van der Waals surface area contributed by atoms with E-state index in [1.165, 1.54) is 0 Å². The van der Waals surface area contributed by atoms with Crippen molar-refractivity contribution in [3.8, 4) is 0 Å². The van der Waals surface area contributed by atoms with Gasteiger partial charge in [0.2, 0.25) is 0 Å². The molecule has 1 heterocycles. The van der Waals surface area contributed by atoms with E-state index in [2.05, 4.69) is 48.0 Å². The first-order valence-electron chi connectivity index (χ1n) is 3.56. The lowest BCUT2D eigenvalue weighted by Gasteiger charge is -2.00. The smallest absolute Gasteiger partial charge is 0.268 e. The number of rotatable bonds is 0. The largest absolute Gasteiger partial charge is 0.272 e. The fraction of sp³-hybridized carbons (Fsp3) is 0. The third kappa shape index (κ3) is 1.28. The summed E-state index contributed by atoms with van der Waals surface area (Å²) in [6.07, 6.45) is 0. The number of halogens is 3. The third-order valence-corrected chi connectivity index (χ3v) is 4.56.